The number of halogens is 1. The number of hydrogen-bond acceptors (Lipinski definition) is 4. The van der Waals surface area contributed by atoms with Gasteiger partial charge in [0.2, 0.25) is 5.91 Å². The van der Waals surface area contributed by atoms with Gasteiger partial charge in [-0.25, -0.2) is 9.37 Å². The highest BCUT2D eigenvalue weighted by molar-refractivity contribution is 5.80. The third-order valence-corrected chi connectivity index (χ3v) is 4.70. The predicted octanol–water partition coefficient (Wildman–Crippen LogP) is 2.62. The standard InChI is InChI=1S/C20H20FN3O3/c1-26-17-4-2-3-12-9-13(11-27-19(12)17)20(25)22-8-7-18-23-15-6-5-14(21)10-16(15)24-18/h2-6,10,13H,7-9,11H2,1H3,(H,22,25)(H,23,24)/t13-/m1/s1. The summed E-state index contributed by atoms with van der Waals surface area (Å²) < 4.78 is 24.3. The zero-order chi connectivity index (χ0) is 18.8. The van der Waals surface area contributed by atoms with Crippen LogP contribution in [0.4, 0.5) is 4.39 Å². The van der Waals surface area contributed by atoms with Crippen LogP contribution in [0.3, 0.4) is 0 Å². The fraction of sp³-hybridized carbons (Fsp3) is 0.300. The van der Waals surface area contributed by atoms with Crippen molar-refractivity contribution in [3.05, 3.63) is 53.6 Å². The molecule has 6 nitrogen and oxygen atoms in total. The summed E-state index contributed by atoms with van der Waals surface area (Å²) in [5.74, 6) is 1.53. The molecule has 4 rings (SSSR count). The number of aromatic nitrogens is 2. The van der Waals surface area contributed by atoms with Crippen LogP contribution in [0.15, 0.2) is 36.4 Å². The lowest BCUT2D eigenvalue weighted by Crippen LogP contribution is -2.38. The number of carbonyl (C=O) groups is 1. The summed E-state index contributed by atoms with van der Waals surface area (Å²) >= 11 is 0. The highest BCUT2D eigenvalue weighted by Crippen LogP contribution is 2.36. The fourth-order valence-electron chi connectivity index (χ4n) is 3.32. The van der Waals surface area contributed by atoms with Crippen molar-refractivity contribution in [2.75, 3.05) is 20.3 Å². The van der Waals surface area contributed by atoms with Gasteiger partial charge in [-0.15, -0.1) is 0 Å². The highest BCUT2D eigenvalue weighted by atomic mass is 19.1. The Hall–Kier alpha value is -3.09. The zero-order valence-corrected chi connectivity index (χ0v) is 14.9. The first-order valence-electron chi connectivity index (χ1n) is 8.84. The number of H-pyrrole nitrogens is 1. The number of hydrogen-bond donors (Lipinski definition) is 2. The summed E-state index contributed by atoms with van der Waals surface area (Å²) in [5, 5.41) is 2.93. The molecule has 2 N–H and O–H groups in total. The van der Waals surface area contributed by atoms with Crippen LogP contribution in [0.2, 0.25) is 0 Å². The van der Waals surface area contributed by atoms with Gasteiger partial charge in [0.25, 0.3) is 0 Å². The van der Waals surface area contributed by atoms with Gasteiger partial charge in [-0.05, 0) is 36.2 Å². The number of fused-ring (bicyclic) bond motifs is 2. The number of aromatic amines is 1. The molecule has 1 aliphatic rings. The fourth-order valence-corrected chi connectivity index (χ4v) is 3.32. The van der Waals surface area contributed by atoms with Crippen LogP contribution >= 0.6 is 0 Å². The van der Waals surface area contributed by atoms with E-state index in [9.17, 15) is 9.18 Å². The minimum absolute atomic E-state index is 0.0503. The molecule has 0 bridgehead atoms. The number of rotatable bonds is 5. The van der Waals surface area contributed by atoms with E-state index in [0.717, 1.165) is 11.3 Å². The van der Waals surface area contributed by atoms with Crippen molar-refractivity contribution in [2.45, 2.75) is 12.8 Å². The van der Waals surface area contributed by atoms with Crippen LogP contribution in [-0.2, 0) is 17.6 Å². The van der Waals surface area contributed by atoms with E-state index in [1.165, 1.54) is 12.1 Å². The van der Waals surface area contributed by atoms with Crippen molar-refractivity contribution < 1.29 is 18.7 Å². The van der Waals surface area contributed by atoms with Gasteiger partial charge in [0.1, 0.15) is 18.2 Å². The number of benzene rings is 2. The van der Waals surface area contributed by atoms with Gasteiger partial charge in [0.15, 0.2) is 11.5 Å². The Morgan fingerprint density at radius 1 is 1.41 bits per heavy atom. The van der Waals surface area contributed by atoms with Gasteiger partial charge in [-0.1, -0.05) is 12.1 Å². The maximum absolute atomic E-state index is 13.2. The van der Waals surface area contributed by atoms with Crippen molar-refractivity contribution in [1.29, 1.82) is 0 Å². The maximum Gasteiger partial charge on any atom is 0.226 e. The summed E-state index contributed by atoms with van der Waals surface area (Å²) in [4.78, 5) is 19.9. The van der Waals surface area contributed by atoms with E-state index >= 15 is 0 Å². The van der Waals surface area contributed by atoms with Gasteiger partial charge < -0.3 is 19.8 Å². The molecule has 7 heteroatoms. The van der Waals surface area contributed by atoms with Crippen molar-refractivity contribution in [3.63, 3.8) is 0 Å². The van der Waals surface area contributed by atoms with Crippen LogP contribution in [0.1, 0.15) is 11.4 Å². The summed E-state index contributed by atoms with van der Waals surface area (Å²) in [6.45, 7) is 0.770. The first kappa shape index (κ1) is 17.3. The number of para-hydroxylation sites is 1. The van der Waals surface area contributed by atoms with Crippen molar-refractivity contribution in [3.8, 4) is 11.5 Å². The number of nitrogens with zero attached hydrogens (tertiary/aromatic N) is 1. The van der Waals surface area contributed by atoms with Gasteiger partial charge in [0.05, 0.1) is 24.1 Å². The molecular weight excluding hydrogens is 349 g/mol. The van der Waals surface area contributed by atoms with E-state index < -0.39 is 0 Å². The van der Waals surface area contributed by atoms with Crippen molar-refractivity contribution in [1.82, 2.24) is 15.3 Å². The zero-order valence-electron chi connectivity index (χ0n) is 14.9. The summed E-state index contributed by atoms with van der Waals surface area (Å²) in [5.41, 5.74) is 2.34. The second kappa shape index (κ2) is 7.26. The molecule has 0 radical (unpaired) electrons. The van der Waals surface area contributed by atoms with E-state index in [4.69, 9.17) is 9.47 Å². The Kier molecular flexibility index (Phi) is 4.66. The number of amides is 1. The van der Waals surface area contributed by atoms with E-state index in [1.807, 2.05) is 18.2 Å². The van der Waals surface area contributed by atoms with E-state index in [-0.39, 0.29) is 17.6 Å². The molecule has 0 aliphatic carbocycles. The Morgan fingerprint density at radius 2 is 2.30 bits per heavy atom. The minimum Gasteiger partial charge on any atom is -0.493 e. The van der Waals surface area contributed by atoms with Crippen LogP contribution in [-0.4, -0.2) is 36.1 Å². The molecule has 2 aromatic carbocycles. The van der Waals surface area contributed by atoms with Crippen LogP contribution in [0, 0.1) is 11.7 Å². The summed E-state index contributed by atoms with van der Waals surface area (Å²) in [6.07, 6.45) is 1.16. The van der Waals surface area contributed by atoms with Crippen LogP contribution in [0.5, 0.6) is 11.5 Å². The molecule has 0 saturated heterocycles. The van der Waals surface area contributed by atoms with Crippen molar-refractivity contribution in [2.24, 2.45) is 5.92 Å². The van der Waals surface area contributed by atoms with Crippen LogP contribution in [0.25, 0.3) is 11.0 Å². The third-order valence-electron chi connectivity index (χ3n) is 4.70. The Morgan fingerprint density at radius 3 is 3.15 bits per heavy atom. The van der Waals surface area contributed by atoms with E-state index in [0.29, 0.717) is 48.6 Å². The Balaban J connectivity index is 1.34. The quantitative estimate of drug-likeness (QED) is 0.725. The molecule has 0 saturated carbocycles. The largest absolute Gasteiger partial charge is 0.493 e. The smallest absolute Gasteiger partial charge is 0.226 e. The molecule has 0 fully saturated rings. The first-order valence-corrected chi connectivity index (χ1v) is 8.84. The monoisotopic (exact) mass is 369 g/mol. The summed E-state index contributed by atoms with van der Waals surface area (Å²) in [7, 11) is 1.60. The van der Waals surface area contributed by atoms with E-state index in [1.54, 1.807) is 13.2 Å². The number of nitrogens with one attached hydrogen (secondary N) is 2. The Bertz CT molecular complexity index is 986. The number of carbonyl (C=O) groups excluding carboxylic acids is 1. The molecular formula is C20H20FN3O3. The lowest BCUT2D eigenvalue weighted by Gasteiger charge is -2.25. The van der Waals surface area contributed by atoms with E-state index in [2.05, 4.69) is 15.3 Å². The molecule has 0 unspecified atom stereocenters. The van der Waals surface area contributed by atoms with Crippen molar-refractivity contribution >= 4 is 16.9 Å². The maximum atomic E-state index is 13.2. The number of methoxy groups -OCH3 is 1. The average molecular weight is 369 g/mol. The highest BCUT2D eigenvalue weighted by Gasteiger charge is 2.27. The molecule has 140 valence electrons. The predicted molar refractivity (Wildman–Crippen MR) is 98.4 cm³/mol. The second-order valence-corrected chi connectivity index (χ2v) is 6.55. The molecule has 2 heterocycles. The number of ether oxygens (including phenoxy) is 2. The molecule has 0 spiro atoms. The average Bonchev–Trinajstić information content (AvgIpc) is 3.08. The number of imidazole rings is 1. The molecule has 3 aromatic rings. The molecule has 1 amide bonds. The molecule has 27 heavy (non-hydrogen) atoms. The van der Waals surface area contributed by atoms with Crippen LogP contribution < -0.4 is 14.8 Å². The summed E-state index contributed by atoms with van der Waals surface area (Å²) in [6, 6.07) is 10.1. The van der Waals surface area contributed by atoms with Gasteiger partial charge in [-0.3, -0.25) is 4.79 Å². The first-order chi connectivity index (χ1) is 13.1. The topological polar surface area (TPSA) is 76.2 Å². The molecule has 1 aliphatic heterocycles. The lowest BCUT2D eigenvalue weighted by atomic mass is 9.95. The second-order valence-electron chi connectivity index (χ2n) is 6.55. The minimum atomic E-state index is -0.305. The SMILES string of the molecule is COc1cccc2c1OC[C@H](C(=O)NCCc1nc3ccc(F)cc3[nH]1)C2. The molecule has 1 aromatic heterocycles. The third kappa shape index (κ3) is 3.58. The van der Waals surface area contributed by atoms with Gasteiger partial charge in [0, 0.05) is 13.0 Å². The Labute approximate surface area is 155 Å². The normalized spacial score (nSPS) is 15.9. The van der Waals surface area contributed by atoms with Gasteiger partial charge >= 0.3 is 0 Å². The lowest BCUT2D eigenvalue weighted by molar-refractivity contribution is -0.126. The van der Waals surface area contributed by atoms with Gasteiger partial charge in [-0.2, -0.15) is 0 Å². The molecule has 1 atom stereocenters.